The van der Waals surface area contributed by atoms with Gasteiger partial charge in [-0.2, -0.15) is 0 Å². The monoisotopic (exact) mass is 963 g/mol. The average Bonchev–Trinajstić information content (AvgIpc) is 3.31. The molecule has 0 spiro atoms. The van der Waals surface area contributed by atoms with Crippen molar-refractivity contribution in [2.45, 2.75) is 217 Å². The van der Waals surface area contributed by atoms with Crippen molar-refractivity contribution >= 4 is 13.8 Å². The standard InChI is InChI=1S/C54H91O12P/c1-3-5-7-9-11-13-15-17-19-21-23-24-25-27-29-31-33-35-37-39-41-43-48(55)65-47(46-64-67(61,62)66-54-52(59)50(57)49(56)51(58)53(54)60)45-63-44-42-40-38-36-34-32-30-28-26-22-20-18-16-14-12-10-8-6-4-2/h5,7,11,13-14,16-17,19-20,22-24,27,29,33,35,47,49-54,56-60H,3-4,6,8-10,12,15,18,21,25-26,28,30-32,34,36-46H2,1-2H3,(H,61,62)/b7-5-,13-11-,16-14-,19-17-,22-20-,24-23-,29-27-,35-33-. The number of esters is 1. The first-order valence-corrected chi connectivity index (χ1v) is 27.1. The van der Waals surface area contributed by atoms with Crippen molar-refractivity contribution in [2.24, 2.45) is 0 Å². The lowest BCUT2D eigenvalue weighted by atomic mass is 9.85. The van der Waals surface area contributed by atoms with Gasteiger partial charge in [-0.3, -0.25) is 13.8 Å². The van der Waals surface area contributed by atoms with E-state index in [1.807, 2.05) is 0 Å². The van der Waals surface area contributed by atoms with Gasteiger partial charge in [-0.1, -0.05) is 169 Å². The molecule has 6 atom stereocenters. The quantitative estimate of drug-likeness (QED) is 0.0147. The largest absolute Gasteiger partial charge is 0.472 e. The Labute approximate surface area is 404 Å². The van der Waals surface area contributed by atoms with Crippen molar-refractivity contribution in [3.05, 3.63) is 97.2 Å². The van der Waals surface area contributed by atoms with Crippen LogP contribution >= 0.6 is 7.82 Å². The second-order valence-corrected chi connectivity index (χ2v) is 18.7. The second-order valence-electron chi connectivity index (χ2n) is 17.3. The third-order valence-electron chi connectivity index (χ3n) is 11.2. The van der Waals surface area contributed by atoms with E-state index in [1.54, 1.807) is 0 Å². The number of aliphatic hydroxyl groups is 5. The molecule has 1 saturated carbocycles. The molecule has 1 aliphatic rings. The highest BCUT2D eigenvalue weighted by molar-refractivity contribution is 7.47. The predicted octanol–water partition coefficient (Wildman–Crippen LogP) is 11.5. The third-order valence-corrected chi connectivity index (χ3v) is 12.2. The van der Waals surface area contributed by atoms with Crippen LogP contribution in [0.15, 0.2) is 97.2 Å². The van der Waals surface area contributed by atoms with Crippen LogP contribution in [0.4, 0.5) is 0 Å². The normalized spacial score (nSPS) is 22.1. The van der Waals surface area contributed by atoms with E-state index in [1.165, 1.54) is 57.8 Å². The zero-order chi connectivity index (χ0) is 49.1. The van der Waals surface area contributed by atoms with Crippen molar-refractivity contribution in [1.82, 2.24) is 0 Å². The van der Waals surface area contributed by atoms with Crippen molar-refractivity contribution < 1.29 is 58.3 Å². The first kappa shape index (κ1) is 62.3. The number of carbonyl (C=O) groups is 1. The lowest BCUT2D eigenvalue weighted by molar-refractivity contribution is -0.220. The highest BCUT2D eigenvalue weighted by Gasteiger charge is 2.51. The molecular formula is C54H91O12P. The Bertz CT molecular complexity index is 1470. The number of phosphoric ester groups is 1. The van der Waals surface area contributed by atoms with Gasteiger partial charge < -0.3 is 39.9 Å². The van der Waals surface area contributed by atoms with Crippen molar-refractivity contribution in [1.29, 1.82) is 0 Å². The van der Waals surface area contributed by atoms with E-state index in [9.17, 15) is 39.8 Å². The SMILES string of the molecule is CC/C=C\C/C=C\C/C=C\C/C=C\C/C=C\C/C=C\CCCCC(=O)OC(COCCCCCCCCCC/C=C\C/C=C\CCCCCC)COP(=O)(O)OC1C(O)C(O)C(O)C(O)C1O. The summed E-state index contributed by atoms with van der Waals surface area (Å²) in [5, 5.41) is 50.3. The molecule has 0 aromatic heterocycles. The van der Waals surface area contributed by atoms with Crippen molar-refractivity contribution in [3.8, 4) is 0 Å². The molecule has 1 aliphatic carbocycles. The smallest absolute Gasteiger partial charge is 0.457 e. The third kappa shape index (κ3) is 35.1. The molecular weight excluding hydrogens is 872 g/mol. The maximum Gasteiger partial charge on any atom is 0.472 e. The van der Waals surface area contributed by atoms with Crippen LogP contribution in [0.1, 0.15) is 174 Å². The minimum absolute atomic E-state index is 0.105. The van der Waals surface area contributed by atoms with Gasteiger partial charge in [-0.25, -0.2) is 4.57 Å². The fourth-order valence-corrected chi connectivity index (χ4v) is 8.13. The number of unbranched alkanes of at least 4 members (excludes halogenated alkanes) is 14. The Hall–Kier alpha value is -2.74. The highest BCUT2D eigenvalue weighted by atomic mass is 31.2. The fraction of sp³-hybridized carbons (Fsp3) is 0.685. The van der Waals surface area contributed by atoms with E-state index in [0.717, 1.165) is 89.9 Å². The van der Waals surface area contributed by atoms with Crippen LogP contribution in [0, 0.1) is 0 Å². The lowest BCUT2D eigenvalue weighted by Crippen LogP contribution is -2.64. The van der Waals surface area contributed by atoms with Gasteiger partial charge in [0.15, 0.2) is 0 Å². The number of hydrogen-bond acceptors (Lipinski definition) is 11. The molecule has 0 aromatic rings. The predicted molar refractivity (Wildman–Crippen MR) is 271 cm³/mol. The van der Waals surface area contributed by atoms with Gasteiger partial charge in [0.1, 0.15) is 42.7 Å². The van der Waals surface area contributed by atoms with Gasteiger partial charge in [-0.05, 0) is 96.3 Å². The van der Waals surface area contributed by atoms with E-state index in [0.29, 0.717) is 13.0 Å². The van der Waals surface area contributed by atoms with Crippen LogP contribution in [0.2, 0.25) is 0 Å². The summed E-state index contributed by atoms with van der Waals surface area (Å²) in [6, 6.07) is 0. The summed E-state index contributed by atoms with van der Waals surface area (Å²) in [5.41, 5.74) is 0. The Morgan fingerprint density at radius 1 is 0.493 bits per heavy atom. The second kappa shape index (κ2) is 43.3. The van der Waals surface area contributed by atoms with Gasteiger partial charge >= 0.3 is 13.8 Å². The maximum absolute atomic E-state index is 12.9. The molecule has 6 unspecified atom stereocenters. The number of rotatable bonds is 42. The maximum atomic E-state index is 12.9. The lowest BCUT2D eigenvalue weighted by Gasteiger charge is -2.41. The molecule has 0 amide bonds. The van der Waals surface area contributed by atoms with Crippen LogP contribution in [0.25, 0.3) is 0 Å². The molecule has 384 valence electrons. The van der Waals surface area contributed by atoms with Crippen molar-refractivity contribution in [3.63, 3.8) is 0 Å². The zero-order valence-electron chi connectivity index (χ0n) is 41.2. The molecule has 0 aromatic carbocycles. The van der Waals surface area contributed by atoms with Crippen molar-refractivity contribution in [2.75, 3.05) is 19.8 Å². The number of ether oxygens (including phenoxy) is 2. The summed E-state index contributed by atoms with van der Waals surface area (Å²) in [4.78, 5) is 23.2. The first-order valence-electron chi connectivity index (χ1n) is 25.6. The van der Waals surface area contributed by atoms with Crippen LogP contribution in [-0.2, 0) is 27.9 Å². The van der Waals surface area contributed by atoms with E-state index in [2.05, 4.69) is 111 Å². The average molecular weight is 963 g/mol. The van der Waals surface area contributed by atoms with Gasteiger partial charge in [0, 0.05) is 13.0 Å². The summed E-state index contributed by atoms with van der Waals surface area (Å²) < 4.78 is 34.2. The molecule has 13 heteroatoms. The number of phosphoric acid groups is 1. The summed E-state index contributed by atoms with van der Waals surface area (Å²) in [7, 11) is -5.04. The first-order chi connectivity index (χ1) is 32.5. The Kier molecular flexibility index (Phi) is 40.2. The molecule has 0 saturated heterocycles. The Morgan fingerprint density at radius 2 is 0.881 bits per heavy atom. The Morgan fingerprint density at radius 3 is 1.34 bits per heavy atom. The minimum atomic E-state index is -5.04. The van der Waals surface area contributed by atoms with E-state index in [-0.39, 0.29) is 13.0 Å². The summed E-state index contributed by atoms with van der Waals surface area (Å²) in [5.74, 6) is -0.524. The topological polar surface area (TPSA) is 192 Å². The van der Waals surface area contributed by atoms with E-state index in [4.69, 9.17) is 18.5 Å². The summed E-state index contributed by atoms with van der Waals surface area (Å²) in [6.07, 6.45) is 47.5. The molecule has 12 nitrogen and oxygen atoms in total. The molecule has 67 heavy (non-hydrogen) atoms. The number of carbonyl (C=O) groups excluding carboxylic acids is 1. The van der Waals surface area contributed by atoms with Gasteiger partial charge in [-0.15, -0.1) is 0 Å². The molecule has 0 radical (unpaired) electrons. The Balaban J connectivity index is 2.41. The molecule has 0 aliphatic heterocycles. The highest BCUT2D eigenvalue weighted by Crippen LogP contribution is 2.47. The van der Waals surface area contributed by atoms with Crippen LogP contribution < -0.4 is 0 Å². The zero-order valence-corrected chi connectivity index (χ0v) is 42.1. The van der Waals surface area contributed by atoms with E-state index < -0.39 is 63.1 Å². The molecule has 1 rings (SSSR count). The summed E-state index contributed by atoms with van der Waals surface area (Å²) in [6.45, 7) is 4.06. The number of hydrogen-bond donors (Lipinski definition) is 6. The van der Waals surface area contributed by atoms with Gasteiger partial charge in [0.25, 0.3) is 0 Å². The number of allylic oxidation sites excluding steroid dienone is 16. The molecule has 0 bridgehead atoms. The fourth-order valence-electron chi connectivity index (χ4n) is 7.15. The summed E-state index contributed by atoms with van der Waals surface area (Å²) >= 11 is 0. The van der Waals surface area contributed by atoms with Crippen LogP contribution in [0.5, 0.6) is 0 Å². The van der Waals surface area contributed by atoms with Crippen LogP contribution in [0.3, 0.4) is 0 Å². The molecule has 1 fully saturated rings. The minimum Gasteiger partial charge on any atom is -0.457 e. The van der Waals surface area contributed by atoms with E-state index >= 15 is 0 Å². The number of aliphatic hydroxyl groups excluding tert-OH is 5. The molecule has 6 N–H and O–H groups in total. The van der Waals surface area contributed by atoms with Crippen LogP contribution in [-0.4, -0.2) is 98.9 Å². The van der Waals surface area contributed by atoms with Gasteiger partial charge in [0.2, 0.25) is 0 Å². The molecule has 0 heterocycles. The van der Waals surface area contributed by atoms with Gasteiger partial charge in [0.05, 0.1) is 13.2 Å².